The van der Waals surface area contributed by atoms with Crippen LogP contribution in [-0.4, -0.2) is 21.1 Å². The number of aromatic nitrogens is 3. The molecule has 1 aromatic carbocycles. The molecule has 0 unspecified atom stereocenters. The van der Waals surface area contributed by atoms with Crippen molar-refractivity contribution in [1.29, 1.82) is 0 Å². The fourth-order valence-corrected chi connectivity index (χ4v) is 2.63. The van der Waals surface area contributed by atoms with Gasteiger partial charge in [0.2, 0.25) is 11.1 Å². The van der Waals surface area contributed by atoms with E-state index >= 15 is 0 Å². The number of anilines is 1. The van der Waals surface area contributed by atoms with Crippen LogP contribution in [0.2, 0.25) is 0 Å². The van der Waals surface area contributed by atoms with Crippen molar-refractivity contribution >= 4 is 33.6 Å². The van der Waals surface area contributed by atoms with Crippen molar-refractivity contribution < 1.29 is 4.74 Å². The first kappa shape index (κ1) is 15.0. The average molecular weight is 356 g/mol. The molecule has 0 aliphatic heterocycles. The summed E-state index contributed by atoms with van der Waals surface area (Å²) in [5, 5.41) is 0.510. The van der Waals surface area contributed by atoms with Gasteiger partial charge in [-0.2, -0.15) is 15.0 Å². The van der Waals surface area contributed by atoms with Crippen LogP contribution in [0.1, 0.15) is 13.8 Å². The summed E-state index contributed by atoms with van der Waals surface area (Å²) in [7, 11) is 0. The van der Waals surface area contributed by atoms with Crippen LogP contribution in [0.3, 0.4) is 0 Å². The first-order chi connectivity index (χ1) is 9.58. The highest BCUT2D eigenvalue weighted by molar-refractivity contribution is 9.10. The Morgan fingerprint density at radius 2 is 2.00 bits per heavy atom. The molecule has 0 spiro atoms. The molecule has 1 heterocycles. The van der Waals surface area contributed by atoms with Crippen molar-refractivity contribution in [3.63, 3.8) is 0 Å². The second kappa shape index (κ2) is 6.87. The number of hydrogen-bond acceptors (Lipinski definition) is 7. The van der Waals surface area contributed by atoms with Crippen molar-refractivity contribution in [2.75, 3.05) is 5.43 Å². The van der Waals surface area contributed by atoms with E-state index in [1.165, 1.54) is 11.8 Å². The molecule has 20 heavy (non-hydrogen) atoms. The summed E-state index contributed by atoms with van der Waals surface area (Å²) >= 11 is 4.88. The molecule has 0 aliphatic carbocycles. The largest absolute Gasteiger partial charge is 0.461 e. The lowest BCUT2D eigenvalue weighted by atomic mass is 10.4. The van der Waals surface area contributed by atoms with E-state index in [9.17, 15) is 0 Å². The third-order valence-corrected chi connectivity index (χ3v) is 4.00. The summed E-state index contributed by atoms with van der Waals surface area (Å²) in [6.45, 7) is 3.81. The van der Waals surface area contributed by atoms with Crippen LogP contribution in [0.4, 0.5) is 5.95 Å². The van der Waals surface area contributed by atoms with Crippen LogP contribution in [0.25, 0.3) is 0 Å². The molecule has 2 aromatic rings. The number of nitrogens with zero attached hydrogens (tertiary/aromatic N) is 3. The van der Waals surface area contributed by atoms with Gasteiger partial charge in [0.15, 0.2) is 0 Å². The predicted octanol–water partition coefficient (Wildman–Crippen LogP) is 2.86. The number of nitrogen functional groups attached to an aromatic ring is 1. The van der Waals surface area contributed by atoms with Crippen molar-refractivity contribution in [3.05, 3.63) is 28.7 Å². The van der Waals surface area contributed by atoms with Gasteiger partial charge in [-0.25, -0.2) is 5.84 Å². The standard InChI is InChI=1S/C12H14BrN5OS/c1-7(2)19-11-15-10(18-14)16-12(17-11)20-9-6-4-3-5-8(9)13/h3-7H,14H2,1-2H3,(H,15,16,17,18). The van der Waals surface area contributed by atoms with Crippen molar-refractivity contribution in [2.45, 2.75) is 30.0 Å². The molecule has 0 amide bonds. The number of ether oxygens (including phenoxy) is 1. The summed E-state index contributed by atoms with van der Waals surface area (Å²) in [6.07, 6.45) is -0.0238. The maximum absolute atomic E-state index is 5.48. The van der Waals surface area contributed by atoms with Crippen LogP contribution in [0, 0.1) is 0 Å². The normalized spacial score (nSPS) is 10.7. The lowest BCUT2D eigenvalue weighted by molar-refractivity contribution is 0.219. The van der Waals surface area contributed by atoms with E-state index in [2.05, 4.69) is 36.3 Å². The molecule has 6 nitrogen and oxygen atoms in total. The SMILES string of the molecule is CC(C)Oc1nc(NN)nc(Sc2ccccc2Br)n1. The maximum Gasteiger partial charge on any atom is 0.322 e. The molecule has 3 N–H and O–H groups in total. The van der Waals surface area contributed by atoms with Gasteiger partial charge < -0.3 is 4.74 Å². The Bertz CT molecular complexity index is 596. The molecular weight excluding hydrogens is 342 g/mol. The molecule has 0 atom stereocenters. The predicted molar refractivity (Wildman–Crippen MR) is 81.7 cm³/mol. The smallest absolute Gasteiger partial charge is 0.322 e. The monoisotopic (exact) mass is 355 g/mol. The third-order valence-electron chi connectivity index (χ3n) is 2.10. The van der Waals surface area contributed by atoms with Gasteiger partial charge in [0.25, 0.3) is 0 Å². The highest BCUT2D eigenvalue weighted by Gasteiger charge is 2.11. The molecule has 2 rings (SSSR count). The van der Waals surface area contributed by atoms with Crippen LogP contribution < -0.4 is 16.0 Å². The second-order valence-corrected chi connectivity index (χ2v) is 5.93. The van der Waals surface area contributed by atoms with E-state index in [1.54, 1.807) is 0 Å². The summed E-state index contributed by atoms with van der Waals surface area (Å²) in [5.41, 5.74) is 2.41. The van der Waals surface area contributed by atoms with Crippen molar-refractivity contribution in [1.82, 2.24) is 15.0 Å². The summed E-state index contributed by atoms with van der Waals surface area (Å²) in [4.78, 5) is 13.5. The van der Waals surface area contributed by atoms with Crippen molar-refractivity contribution in [3.8, 4) is 6.01 Å². The van der Waals surface area contributed by atoms with E-state index in [0.717, 1.165) is 9.37 Å². The van der Waals surface area contributed by atoms with E-state index in [1.807, 2.05) is 38.1 Å². The zero-order valence-corrected chi connectivity index (χ0v) is 13.4. The minimum Gasteiger partial charge on any atom is -0.461 e. The Morgan fingerprint density at radius 3 is 2.65 bits per heavy atom. The van der Waals surface area contributed by atoms with E-state index in [4.69, 9.17) is 10.6 Å². The number of nitrogens with two attached hydrogens (primary N) is 1. The van der Waals surface area contributed by atoms with E-state index < -0.39 is 0 Å². The molecule has 106 valence electrons. The molecule has 0 saturated heterocycles. The molecule has 0 bridgehead atoms. The molecule has 8 heteroatoms. The number of hydrazine groups is 1. The van der Waals surface area contributed by atoms with Gasteiger partial charge in [-0.1, -0.05) is 12.1 Å². The Kier molecular flexibility index (Phi) is 5.16. The Balaban J connectivity index is 2.29. The molecular formula is C12H14BrN5OS. The van der Waals surface area contributed by atoms with Gasteiger partial charge >= 0.3 is 6.01 Å². The highest BCUT2D eigenvalue weighted by atomic mass is 79.9. The molecule has 0 fully saturated rings. The number of halogens is 1. The highest BCUT2D eigenvalue weighted by Crippen LogP contribution is 2.32. The minimum atomic E-state index is -0.0238. The number of rotatable bonds is 5. The van der Waals surface area contributed by atoms with Crippen LogP contribution in [0.5, 0.6) is 6.01 Å². The Hall–Kier alpha value is -1.38. The van der Waals surface area contributed by atoms with Crippen LogP contribution >= 0.6 is 27.7 Å². The maximum atomic E-state index is 5.48. The first-order valence-electron chi connectivity index (χ1n) is 5.90. The van der Waals surface area contributed by atoms with Crippen molar-refractivity contribution in [2.24, 2.45) is 5.84 Å². The zero-order chi connectivity index (χ0) is 14.5. The number of nitrogens with one attached hydrogen (secondary N) is 1. The molecule has 0 saturated carbocycles. The lowest BCUT2D eigenvalue weighted by Crippen LogP contribution is -2.14. The van der Waals surface area contributed by atoms with Gasteiger partial charge in [-0.05, 0) is 53.7 Å². The molecule has 1 aromatic heterocycles. The lowest BCUT2D eigenvalue weighted by Gasteiger charge is -2.10. The summed E-state index contributed by atoms with van der Waals surface area (Å²) in [5.74, 6) is 5.63. The fourth-order valence-electron chi connectivity index (χ4n) is 1.34. The van der Waals surface area contributed by atoms with Crippen LogP contribution in [-0.2, 0) is 0 Å². The fraction of sp³-hybridized carbons (Fsp3) is 0.250. The van der Waals surface area contributed by atoms with Gasteiger partial charge in [0, 0.05) is 9.37 Å². The topological polar surface area (TPSA) is 86.0 Å². The van der Waals surface area contributed by atoms with Gasteiger partial charge in [-0.15, -0.1) is 0 Å². The number of benzene rings is 1. The number of hydrogen-bond donors (Lipinski definition) is 2. The Labute approximate surface area is 129 Å². The minimum absolute atomic E-state index is 0.0238. The van der Waals surface area contributed by atoms with Gasteiger partial charge in [-0.3, -0.25) is 5.43 Å². The zero-order valence-electron chi connectivity index (χ0n) is 11.0. The third kappa shape index (κ3) is 4.06. The summed E-state index contributed by atoms with van der Waals surface area (Å²) < 4.78 is 6.45. The van der Waals surface area contributed by atoms with Gasteiger partial charge in [0.05, 0.1) is 6.10 Å². The quantitative estimate of drug-likeness (QED) is 0.629. The Morgan fingerprint density at radius 1 is 1.25 bits per heavy atom. The molecule has 0 aliphatic rings. The summed E-state index contributed by atoms with van der Waals surface area (Å²) in [6, 6.07) is 8.06. The van der Waals surface area contributed by atoms with E-state index in [0.29, 0.717) is 5.16 Å². The second-order valence-electron chi connectivity index (χ2n) is 4.07. The van der Waals surface area contributed by atoms with Gasteiger partial charge in [0.1, 0.15) is 0 Å². The first-order valence-corrected chi connectivity index (χ1v) is 7.51. The molecule has 0 radical (unpaired) electrons. The van der Waals surface area contributed by atoms with E-state index in [-0.39, 0.29) is 18.1 Å². The average Bonchev–Trinajstić information content (AvgIpc) is 2.40. The van der Waals surface area contributed by atoms with Crippen LogP contribution in [0.15, 0.2) is 38.8 Å².